The van der Waals surface area contributed by atoms with E-state index >= 15 is 0 Å². The van der Waals surface area contributed by atoms with Gasteiger partial charge in [-0.2, -0.15) is 5.10 Å². The number of amides is 1. The lowest BCUT2D eigenvalue weighted by Crippen LogP contribution is -2.30. The number of hydrogen-bond acceptors (Lipinski definition) is 6. The molecule has 0 atom stereocenters. The maximum absolute atomic E-state index is 12.6. The van der Waals surface area contributed by atoms with Crippen molar-refractivity contribution in [2.75, 3.05) is 5.32 Å². The molecule has 0 saturated heterocycles. The second kappa shape index (κ2) is 8.18. The van der Waals surface area contributed by atoms with Crippen molar-refractivity contribution in [3.63, 3.8) is 0 Å². The molecule has 0 spiro atoms. The fourth-order valence-electron chi connectivity index (χ4n) is 2.93. The first-order valence-corrected chi connectivity index (χ1v) is 10.7. The van der Waals surface area contributed by atoms with Crippen molar-refractivity contribution in [1.29, 1.82) is 0 Å². The Morgan fingerprint density at radius 2 is 1.83 bits per heavy atom. The van der Waals surface area contributed by atoms with Crippen LogP contribution in [0, 0.1) is 13.8 Å². The molecule has 8 heteroatoms. The van der Waals surface area contributed by atoms with Gasteiger partial charge in [-0.25, -0.2) is 9.67 Å². The van der Waals surface area contributed by atoms with E-state index in [9.17, 15) is 9.59 Å². The van der Waals surface area contributed by atoms with Crippen molar-refractivity contribution in [2.45, 2.75) is 29.6 Å². The Morgan fingerprint density at radius 1 is 1.10 bits per heavy atom. The minimum atomic E-state index is -0.301. The first kappa shape index (κ1) is 19.4. The van der Waals surface area contributed by atoms with Crippen molar-refractivity contribution < 1.29 is 4.79 Å². The molecular formula is C21H18N4O2S2. The molecule has 0 aliphatic rings. The largest absolute Gasteiger partial charge is 0.324 e. The predicted molar refractivity (Wildman–Crippen MR) is 117 cm³/mol. The molecule has 0 unspecified atom stereocenters. The van der Waals surface area contributed by atoms with Gasteiger partial charge in [-0.3, -0.25) is 9.59 Å². The number of fused-ring (bicyclic) bond motifs is 1. The summed E-state index contributed by atoms with van der Waals surface area (Å²) in [5.41, 5.74) is 2.12. The highest BCUT2D eigenvalue weighted by molar-refractivity contribution is 8.01. The zero-order valence-corrected chi connectivity index (χ0v) is 17.5. The number of anilines is 1. The number of nitrogens with one attached hydrogen (secondary N) is 1. The Kier molecular flexibility index (Phi) is 5.46. The highest BCUT2D eigenvalue weighted by atomic mass is 32.2. The molecule has 0 radical (unpaired) electrons. The van der Waals surface area contributed by atoms with Gasteiger partial charge in [-0.05, 0) is 44.2 Å². The maximum Gasteiger partial charge on any atom is 0.275 e. The number of rotatable bonds is 5. The van der Waals surface area contributed by atoms with Crippen LogP contribution in [0.4, 0.5) is 5.69 Å². The van der Waals surface area contributed by atoms with Crippen LogP contribution in [-0.2, 0) is 11.3 Å². The molecule has 0 aliphatic carbocycles. The van der Waals surface area contributed by atoms with Crippen molar-refractivity contribution in [3.05, 3.63) is 75.7 Å². The van der Waals surface area contributed by atoms with Gasteiger partial charge in [0.2, 0.25) is 5.91 Å². The van der Waals surface area contributed by atoms with Crippen LogP contribution in [0.1, 0.15) is 11.4 Å². The summed E-state index contributed by atoms with van der Waals surface area (Å²) in [7, 11) is 0. The molecule has 0 fully saturated rings. The molecule has 2 aromatic heterocycles. The van der Waals surface area contributed by atoms with Gasteiger partial charge in [0, 0.05) is 27.0 Å². The van der Waals surface area contributed by atoms with Crippen LogP contribution in [0.5, 0.6) is 0 Å². The highest BCUT2D eigenvalue weighted by Gasteiger charge is 2.11. The predicted octanol–water partition coefficient (Wildman–Crippen LogP) is 4.26. The Balaban J connectivity index is 1.45. The number of benzene rings is 2. The minimum absolute atomic E-state index is 0.139. The topological polar surface area (TPSA) is 76.9 Å². The molecule has 0 aliphatic heterocycles. The number of carbonyl (C=O) groups is 1. The molecule has 2 aromatic carbocycles. The third-order valence-electron chi connectivity index (χ3n) is 4.29. The van der Waals surface area contributed by atoms with Gasteiger partial charge in [0.15, 0.2) is 4.34 Å². The second-order valence-electron chi connectivity index (χ2n) is 6.52. The average Bonchev–Trinajstić information content (AvgIpc) is 3.12. The van der Waals surface area contributed by atoms with Gasteiger partial charge in [0.05, 0.1) is 11.1 Å². The van der Waals surface area contributed by atoms with Gasteiger partial charge < -0.3 is 5.32 Å². The van der Waals surface area contributed by atoms with Crippen LogP contribution in [0.2, 0.25) is 0 Å². The normalized spacial score (nSPS) is 11.0. The lowest BCUT2D eigenvalue weighted by molar-refractivity contribution is -0.117. The molecule has 1 amide bonds. The number of hydrogen-bond donors (Lipinski definition) is 1. The smallest absolute Gasteiger partial charge is 0.275 e. The van der Waals surface area contributed by atoms with E-state index in [0.29, 0.717) is 16.8 Å². The third-order valence-corrected chi connectivity index (χ3v) is 6.35. The molecule has 1 N–H and O–H groups in total. The van der Waals surface area contributed by atoms with Crippen molar-refractivity contribution >= 4 is 45.5 Å². The Labute approximate surface area is 175 Å². The number of carbonyl (C=O) groups excluding carboxylic acids is 1. The van der Waals surface area contributed by atoms with Crippen molar-refractivity contribution in [3.8, 4) is 0 Å². The Bertz CT molecular complexity index is 1250. The van der Waals surface area contributed by atoms with E-state index < -0.39 is 0 Å². The van der Waals surface area contributed by atoms with Crippen LogP contribution < -0.4 is 10.9 Å². The standard InChI is InChI=1S/C21H18N4O2S2/c1-13-12-28-21(22-13)29-16-9-7-15(8-10-16)23-19(26)11-25-20(27)18-6-4-3-5-17(18)14(2)24-25/h3-10,12H,11H2,1-2H3,(H,23,26). The third kappa shape index (κ3) is 4.38. The summed E-state index contributed by atoms with van der Waals surface area (Å²) in [6.45, 7) is 3.66. The summed E-state index contributed by atoms with van der Waals surface area (Å²) < 4.78 is 2.19. The lowest BCUT2D eigenvalue weighted by Gasteiger charge is -2.09. The van der Waals surface area contributed by atoms with E-state index in [0.717, 1.165) is 20.3 Å². The zero-order valence-electron chi connectivity index (χ0n) is 15.9. The van der Waals surface area contributed by atoms with Crippen LogP contribution in [0.25, 0.3) is 10.8 Å². The summed E-state index contributed by atoms with van der Waals surface area (Å²) >= 11 is 3.19. The first-order valence-electron chi connectivity index (χ1n) is 8.96. The van der Waals surface area contributed by atoms with E-state index in [1.165, 1.54) is 4.68 Å². The van der Waals surface area contributed by atoms with E-state index in [4.69, 9.17) is 0 Å². The minimum Gasteiger partial charge on any atom is -0.324 e. The SMILES string of the molecule is Cc1csc(Sc2ccc(NC(=O)Cn3nc(C)c4ccccc4c3=O)cc2)n1. The van der Waals surface area contributed by atoms with Crippen LogP contribution in [0.15, 0.2) is 67.9 Å². The summed E-state index contributed by atoms with van der Waals surface area (Å²) in [5.74, 6) is -0.301. The van der Waals surface area contributed by atoms with Crippen LogP contribution in [-0.4, -0.2) is 20.7 Å². The van der Waals surface area contributed by atoms with Gasteiger partial charge in [-0.15, -0.1) is 11.3 Å². The summed E-state index contributed by atoms with van der Waals surface area (Å²) in [4.78, 5) is 30.5. The molecule has 4 aromatic rings. The fourth-order valence-corrected chi connectivity index (χ4v) is 4.74. The summed E-state index contributed by atoms with van der Waals surface area (Å²) in [6, 6.07) is 14.8. The fraction of sp³-hybridized carbons (Fsp3) is 0.143. The van der Waals surface area contributed by atoms with Gasteiger partial charge in [0.1, 0.15) is 6.54 Å². The highest BCUT2D eigenvalue weighted by Crippen LogP contribution is 2.30. The molecular weight excluding hydrogens is 404 g/mol. The Morgan fingerprint density at radius 3 is 2.52 bits per heavy atom. The zero-order chi connectivity index (χ0) is 20.4. The average molecular weight is 423 g/mol. The van der Waals surface area contributed by atoms with Crippen LogP contribution >= 0.6 is 23.1 Å². The van der Waals surface area contributed by atoms with Gasteiger partial charge >= 0.3 is 0 Å². The van der Waals surface area contributed by atoms with Crippen molar-refractivity contribution in [1.82, 2.24) is 14.8 Å². The number of aryl methyl sites for hydroxylation is 2. The molecule has 6 nitrogen and oxygen atoms in total. The monoisotopic (exact) mass is 422 g/mol. The van der Waals surface area contributed by atoms with Crippen LogP contribution in [0.3, 0.4) is 0 Å². The molecule has 0 bridgehead atoms. The number of nitrogens with zero attached hydrogens (tertiary/aromatic N) is 3. The quantitative estimate of drug-likeness (QED) is 0.520. The molecule has 4 rings (SSSR count). The molecule has 29 heavy (non-hydrogen) atoms. The van der Waals surface area contributed by atoms with E-state index in [2.05, 4.69) is 15.4 Å². The molecule has 2 heterocycles. The van der Waals surface area contributed by atoms with Gasteiger partial charge in [0.25, 0.3) is 5.56 Å². The van der Waals surface area contributed by atoms with E-state index in [1.807, 2.05) is 55.6 Å². The Hall–Kier alpha value is -2.97. The molecule has 0 saturated carbocycles. The maximum atomic E-state index is 12.6. The first-order chi connectivity index (χ1) is 14.0. The second-order valence-corrected chi connectivity index (χ2v) is 8.70. The van der Waals surface area contributed by atoms with Gasteiger partial charge in [-0.1, -0.05) is 30.0 Å². The molecule has 146 valence electrons. The number of thiazole rings is 1. The van der Waals surface area contributed by atoms with E-state index in [-0.39, 0.29) is 18.0 Å². The summed E-state index contributed by atoms with van der Waals surface area (Å²) in [5, 5.41) is 10.5. The van der Waals surface area contributed by atoms with E-state index in [1.54, 1.807) is 35.2 Å². The number of aromatic nitrogens is 3. The summed E-state index contributed by atoms with van der Waals surface area (Å²) in [6.07, 6.45) is 0. The van der Waals surface area contributed by atoms with Crippen molar-refractivity contribution in [2.24, 2.45) is 0 Å². The lowest BCUT2D eigenvalue weighted by atomic mass is 10.1.